The highest BCUT2D eigenvalue weighted by atomic mass is 32.2. The zero-order valence-electron chi connectivity index (χ0n) is 17.0. The van der Waals surface area contributed by atoms with E-state index < -0.39 is 29.2 Å². The number of β-lactam (4-membered cyclic amide) rings is 1. The Hall–Kier alpha value is -3.51. The van der Waals surface area contributed by atoms with Gasteiger partial charge in [-0.15, -0.1) is 23.5 Å². The van der Waals surface area contributed by atoms with Crippen LogP contribution in [0.5, 0.6) is 0 Å². The van der Waals surface area contributed by atoms with Crippen LogP contribution in [0.1, 0.15) is 16.2 Å². The monoisotopic (exact) mass is 486 g/mol. The van der Waals surface area contributed by atoms with Gasteiger partial charge in [-0.25, -0.2) is 4.79 Å². The van der Waals surface area contributed by atoms with Crippen molar-refractivity contribution in [3.8, 4) is 0 Å². The predicted molar refractivity (Wildman–Crippen MR) is 121 cm³/mol. The normalized spacial score (nSPS) is 19.5. The number of hydrogen-bond acceptors (Lipinski definition) is 8. The van der Waals surface area contributed by atoms with Crippen LogP contribution in [0.3, 0.4) is 0 Å². The minimum Gasteiger partial charge on any atom is -0.477 e. The first kappa shape index (κ1) is 22.7. The summed E-state index contributed by atoms with van der Waals surface area (Å²) in [5.74, 6) is -2.56. The van der Waals surface area contributed by atoms with Gasteiger partial charge in [0.25, 0.3) is 11.8 Å². The molecule has 2 aliphatic rings. The molecule has 170 valence electrons. The Kier molecular flexibility index (Phi) is 6.29. The van der Waals surface area contributed by atoms with E-state index in [1.807, 2.05) is 30.3 Å². The summed E-state index contributed by atoms with van der Waals surface area (Å²) in [6, 6.07) is 9.81. The molecule has 0 aliphatic carbocycles. The van der Waals surface area contributed by atoms with E-state index in [9.17, 15) is 24.3 Å². The molecule has 3 heterocycles. The second-order valence-electron chi connectivity index (χ2n) is 7.11. The fraction of sp³-hybridized carbons (Fsp3) is 0.190. The van der Waals surface area contributed by atoms with Crippen molar-refractivity contribution in [3.05, 3.63) is 65.7 Å². The number of amides is 3. The summed E-state index contributed by atoms with van der Waals surface area (Å²) >= 11 is 2.63. The topological polar surface area (TPSA) is 156 Å². The van der Waals surface area contributed by atoms with E-state index in [2.05, 4.69) is 17.1 Å². The number of allylic oxidation sites excluding steroid dienone is 1. The highest BCUT2D eigenvalue weighted by Crippen LogP contribution is 2.43. The summed E-state index contributed by atoms with van der Waals surface area (Å²) < 4.78 is 5.06. The van der Waals surface area contributed by atoms with E-state index >= 15 is 0 Å². The molecule has 0 radical (unpaired) electrons. The summed E-state index contributed by atoms with van der Waals surface area (Å²) in [6.07, 6.45) is 0. The lowest BCUT2D eigenvalue weighted by molar-refractivity contribution is -0.150. The Morgan fingerprint density at radius 3 is 2.70 bits per heavy atom. The fourth-order valence-corrected chi connectivity index (χ4v) is 5.53. The molecule has 0 bridgehead atoms. The van der Waals surface area contributed by atoms with Crippen molar-refractivity contribution in [2.45, 2.75) is 16.3 Å². The minimum atomic E-state index is -1.32. The molecule has 1 saturated heterocycles. The Morgan fingerprint density at radius 2 is 2.06 bits per heavy atom. The van der Waals surface area contributed by atoms with Crippen molar-refractivity contribution in [1.82, 2.24) is 15.4 Å². The number of carbonyl (C=O) groups excluding carboxylic acids is 3. The molecule has 2 aromatic rings. The summed E-state index contributed by atoms with van der Waals surface area (Å²) in [6.45, 7) is 3.85. The van der Waals surface area contributed by atoms with Gasteiger partial charge in [0.15, 0.2) is 11.5 Å². The van der Waals surface area contributed by atoms with Crippen molar-refractivity contribution in [2.75, 3.05) is 11.5 Å². The number of nitrogens with zero attached hydrogens (tertiary/aromatic N) is 2. The van der Waals surface area contributed by atoms with Gasteiger partial charge in [0.05, 0.1) is 5.75 Å². The molecule has 4 N–H and O–H groups in total. The average Bonchev–Trinajstić information content (AvgIpc) is 3.31. The molecule has 0 unspecified atom stereocenters. The van der Waals surface area contributed by atoms with E-state index in [1.165, 1.54) is 29.6 Å². The van der Waals surface area contributed by atoms with Crippen LogP contribution in [0.25, 0.3) is 5.57 Å². The number of nitrogens with one attached hydrogen (secondary N) is 1. The summed E-state index contributed by atoms with van der Waals surface area (Å²) in [7, 11) is 0. The van der Waals surface area contributed by atoms with Crippen molar-refractivity contribution in [1.29, 1.82) is 0 Å². The third-order valence-electron chi connectivity index (χ3n) is 5.02. The number of hydrogen-bond donors (Lipinski definition) is 3. The van der Waals surface area contributed by atoms with Gasteiger partial charge in [0.2, 0.25) is 5.91 Å². The lowest BCUT2D eigenvalue weighted by atomic mass is 9.98. The number of carbonyl (C=O) groups is 4. The fourth-order valence-electron chi connectivity index (χ4n) is 3.41. The van der Waals surface area contributed by atoms with Crippen molar-refractivity contribution in [2.24, 2.45) is 5.73 Å². The van der Waals surface area contributed by atoms with Gasteiger partial charge >= 0.3 is 5.97 Å². The van der Waals surface area contributed by atoms with Crippen LogP contribution in [0, 0.1) is 0 Å². The van der Waals surface area contributed by atoms with Crippen molar-refractivity contribution < 1.29 is 28.8 Å². The molecular formula is C21H18N4O6S2. The van der Waals surface area contributed by atoms with Gasteiger partial charge in [0.1, 0.15) is 17.1 Å². The Labute approximate surface area is 196 Å². The number of rotatable bonds is 8. The van der Waals surface area contributed by atoms with E-state index in [0.717, 1.165) is 9.80 Å². The smallest absolute Gasteiger partial charge is 0.352 e. The van der Waals surface area contributed by atoms with E-state index in [0.29, 0.717) is 0 Å². The first-order chi connectivity index (χ1) is 15.8. The molecule has 1 aromatic carbocycles. The molecule has 1 aromatic heterocycles. The average molecular weight is 487 g/mol. The lowest BCUT2D eigenvalue weighted by Crippen LogP contribution is -2.70. The molecule has 3 amide bonds. The third-order valence-corrected chi connectivity index (χ3v) is 7.32. The van der Waals surface area contributed by atoms with Crippen LogP contribution in [-0.2, 0) is 14.4 Å². The first-order valence-electron chi connectivity index (χ1n) is 9.62. The van der Waals surface area contributed by atoms with Crippen molar-refractivity contribution >= 4 is 52.8 Å². The Bertz CT molecular complexity index is 1190. The number of carboxylic acids is 1. The summed E-state index contributed by atoms with van der Waals surface area (Å²) in [5.41, 5.74) is 5.24. The van der Waals surface area contributed by atoms with Gasteiger partial charge < -0.3 is 20.7 Å². The quantitative estimate of drug-likeness (QED) is 0.370. The molecule has 33 heavy (non-hydrogen) atoms. The predicted octanol–water partition coefficient (Wildman–Crippen LogP) is 1.32. The number of primary amides is 1. The Morgan fingerprint density at radius 1 is 1.33 bits per heavy atom. The molecular weight excluding hydrogens is 468 g/mol. The van der Waals surface area contributed by atoms with E-state index in [-0.39, 0.29) is 45.7 Å². The van der Waals surface area contributed by atoms with Crippen LogP contribution in [0.2, 0.25) is 0 Å². The molecule has 10 nitrogen and oxygen atoms in total. The zero-order chi connectivity index (χ0) is 23.7. The molecule has 2 atom stereocenters. The summed E-state index contributed by atoms with van der Waals surface area (Å²) in [4.78, 5) is 50.5. The lowest BCUT2D eigenvalue weighted by Gasteiger charge is -2.49. The maximum atomic E-state index is 12.8. The zero-order valence-corrected chi connectivity index (χ0v) is 18.6. The van der Waals surface area contributed by atoms with Crippen LogP contribution < -0.4 is 11.1 Å². The number of aromatic nitrogens is 1. The molecule has 4 rings (SSSR count). The third kappa shape index (κ3) is 4.39. The number of aliphatic carboxylic acids is 1. The second-order valence-corrected chi connectivity index (χ2v) is 9.26. The van der Waals surface area contributed by atoms with E-state index in [1.54, 1.807) is 0 Å². The number of benzene rings is 1. The van der Waals surface area contributed by atoms with Gasteiger partial charge in [-0.3, -0.25) is 19.3 Å². The number of carboxylic acid groups (broad SMARTS) is 1. The molecule has 0 spiro atoms. The maximum Gasteiger partial charge on any atom is 0.352 e. The molecule has 1 fully saturated rings. The largest absolute Gasteiger partial charge is 0.477 e. The highest BCUT2D eigenvalue weighted by molar-refractivity contribution is 8.00. The first-order valence-corrected chi connectivity index (χ1v) is 11.7. The van der Waals surface area contributed by atoms with Gasteiger partial charge in [-0.2, -0.15) is 0 Å². The van der Waals surface area contributed by atoms with Gasteiger partial charge in [-0.05, 0) is 12.1 Å². The second kappa shape index (κ2) is 9.16. The standard InChI is InChI=1S/C21H18N4O6S2/c1-10(14-7-13(18(22)27)24-31-14)12-8-33-20-16(19(28)25(20)17(12)21(29)30)23-15(26)9-32-11-5-3-2-4-6-11/h2-7,16,20H,1,8-9H2,(H2,22,27)(H,23,26)(H,29,30)/t16-,20-/m1/s1. The Balaban J connectivity index is 1.47. The molecule has 0 saturated carbocycles. The van der Waals surface area contributed by atoms with Gasteiger partial charge in [-0.1, -0.05) is 29.9 Å². The van der Waals surface area contributed by atoms with Crippen molar-refractivity contribution in [3.63, 3.8) is 0 Å². The number of fused-ring (bicyclic) bond motifs is 1. The number of thioether (sulfide) groups is 2. The van der Waals surface area contributed by atoms with E-state index in [4.69, 9.17) is 10.3 Å². The number of nitrogens with two attached hydrogens (primary N) is 1. The van der Waals surface area contributed by atoms with Crippen LogP contribution in [0.15, 0.2) is 63.7 Å². The van der Waals surface area contributed by atoms with Gasteiger partial charge in [0, 0.05) is 27.9 Å². The van der Waals surface area contributed by atoms with Crippen LogP contribution in [0.4, 0.5) is 0 Å². The molecule has 12 heteroatoms. The van der Waals surface area contributed by atoms with Crippen LogP contribution >= 0.6 is 23.5 Å². The maximum absolute atomic E-state index is 12.8. The molecule has 2 aliphatic heterocycles. The summed E-state index contributed by atoms with van der Waals surface area (Å²) in [5, 5.41) is 15.5. The SMILES string of the molecule is C=C(C1=C(C(=O)O)N2C(=O)[C@@H](NC(=O)CSc3ccccc3)[C@H]2SC1)c1cc(C(N)=O)no1. The van der Waals surface area contributed by atoms with Crippen LogP contribution in [-0.4, -0.2) is 61.8 Å². The minimum absolute atomic E-state index is 0.0763. The highest BCUT2D eigenvalue weighted by Gasteiger charge is 2.54.